The molecule has 1 aliphatic rings. The van der Waals surface area contributed by atoms with Crippen molar-refractivity contribution in [1.29, 1.82) is 0 Å². The summed E-state index contributed by atoms with van der Waals surface area (Å²) in [5.41, 5.74) is 8.01. The minimum atomic E-state index is 0.0327. The van der Waals surface area contributed by atoms with Crippen LogP contribution in [0.2, 0.25) is 5.02 Å². The first-order valence-corrected chi connectivity index (χ1v) is 12.2. The van der Waals surface area contributed by atoms with E-state index in [4.69, 9.17) is 27.9 Å². The highest BCUT2D eigenvalue weighted by molar-refractivity contribution is 6.31. The summed E-state index contributed by atoms with van der Waals surface area (Å²) in [4.78, 5) is 7.13. The molecule has 1 unspecified atom stereocenters. The number of hydrogen-bond donors (Lipinski definition) is 0. The summed E-state index contributed by atoms with van der Waals surface area (Å²) in [6.45, 7) is 11.4. The number of fused-ring (bicyclic) bond motifs is 1. The number of nitrogens with zero attached hydrogens (tertiary/aromatic N) is 3. The summed E-state index contributed by atoms with van der Waals surface area (Å²) in [6.07, 6.45) is 5.90. The van der Waals surface area contributed by atoms with Crippen LogP contribution in [0.25, 0.3) is 11.4 Å². The number of ether oxygens (including phenoxy) is 1. The molecular formula is C28H31Cl2N3O. The van der Waals surface area contributed by atoms with Gasteiger partial charge in [-0.25, -0.2) is 0 Å². The molecule has 4 rings (SSSR count). The SMILES string of the molecule is COc1cccnc1-c1cc2c(n1C(C)C)C(/C(C)=C/C=C(\C)Cl)N(c1cc(Cl)ccc1C)C2. The van der Waals surface area contributed by atoms with Crippen molar-refractivity contribution in [3.8, 4) is 17.1 Å². The maximum atomic E-state index is 6.44. The van der Waals surface area contributed by atoms with Crippen molar-refractivity contribution < 1.29 is 4.74 Å². The van der Waals surface area contributed by atoms with Crippen molar-refractivity contribution in [2.24, 2.45) is 0 Å². The van der Waals surface area contributed by atoms with Crippen molar-refractivity contribution in [2.75, 3.05) is 12.0 Å². The van der Waals surface area contributed by atoms with Crippen molar-refractivity contribution >= 4 is 28.9 Å². The third-order valence-corrected chi connectivity index (χ3v) is 6.67. The standard InChI is InChI=1S/C28H31Cl2N3O/c1-17(2)33-24(26-25(34-6)8-7-13-31-26)14-21-16-32(23-15-22(30)12-10-18(23)3)27(28(21)33)19(4)9-11-20(5)29/h7-15,17,27H,16H2,1-6H3/b19-9+,20-11+. The number of rotatable bonds is 6. The van der Waals surface area contributed by atoms with Gasteiger partial charge in [-0.1, -0.05) is 35.3 Å². The Kier molecular flexibility index (Phi) is 7.11. The predicted molar refractivity (Wildman–Crippen MR) is 143 cm³/mol. The number of benzene rings is 1. The lowest BCUT2D eigenvalue weighted by atomic mass is 10.0. The molecule has 0 saturated carbocycles. The first-order chi connectivity index (χ1) is 16.2. The van der Waals surface area contributed by atoms with E-state index in [9.17, 15) is 0 Å². The molecule has 1 aromatic carbocycles. The van der Waals surface area contributed by atoms with Crippen LogP contribution in [-0.4, -0.2) is 16.7 Å². The van der Waals surface area contributed by atoms with Crippen molar-refractivity contribution in [3.63, 3.8) is 0 Å². The Hall–Kier alpha value is -2.69. The fraction of sp³-hybridized carbons (Fsp3) is 0.321. The fourth-order valence-electron chi connectivity index (χ4n) is 4.85. The van der Waals surface area contributed by atoms with Gasteiger partial charge in [0, 0.05) is 34.5 Å². The Balaban J connectivity index is 1.95. The minimum absolute atomic E-state index is 0.0327. The molecule has 3 heterocycles. The van der Waals surface area contributed by atoms with Gasteiger partial charge in [-0.3, -0.25) is 4.98 Å². The normalized spacial score (nSPS) is 16.4. The van der Waals surface area contributed by atoms with Gasteiger partial charge in [0.05, 0.1) is 24.5 Å². The second kappa shape index (κ2) is 9.89. The summed E-state index contributed by atoms with van der Waals surface area (Å²) >= 11 is 12.6. The van der Waals surface area contributed by atoms with Gasteiger partial charge in [-0.05, 0) is 87.7 Å². The van der Waals surface area contributed by atoms with Gasteiger partial charge in [-0.15, -0.1) is 0 Å². The topological polar surface area (TPSA) is 30.3 Å². The van der Waals surface area contributed by atoms with Crippen LogP contribution in [0.4, 0.5) is 5.69 Å². The van der Waals surface area contributed by atoms with Crippen LogP contribution in [0.5, 0.6) is 5.75 Å². The third kappa shape index (κ3) is 4.49. The number of pyridine rings is 1. The number of aromatic nitrogens is 2. The Morgan fingerprint density at radius 1 is 1.18 bits per heavy atom. The van der Waals surface area contributed by atoms with Crippen LogP contribution in [0.3, 0.4) is 0 Å². The molecule has 4 nitrogen and oxygen atoms in total. The maximum absolute atomic E-state index is 6.44. The maximum Gasteiger partial charge on any atom is 0.146 e. The minimum Gasteiger partial charge on any atom is -0.494 e. The molecule has 34 heavy (non-hydrogen) atoms. The van der Waals surface area contributed by atoms with Gasteiger partial charge < -0.3 is 14.2 Å². The Morgan fingerprint density at radius 2 is 1.94 bits per heavy atom. The number of halogens is 2. The third-order valence-electron chi connectivity index (χ3n) is 6.31. The molecule has 2 aromatic heterocycles. The van der Waals surface area contributed by atoms with E-state index in [0.29, 0.717) is 0 Å². The number of methoxy groups -OCH3 is 1. The summed E-state index contributed by atoms with van der Waals surface area (Å²) in [5.74, 6) is 0.771. The molecule has 3 aromatic rings. The number of aryl methyl sites for hydroxylation is 1. The zero-order valence-electron chi connectivity index (χ0n) is 20.6. The van der Waals surface area contributed by atoms with Gasteiger partial charge in [0.2, 0.25) is 0 Å². The molecule has 0 fully saturated rings. The van der Waals surface area contributed by atoms with Crippen LogP contribution in [0.15, 0.2) is 65.4 Å². The number of allylic oxidation sites excluding steroid dienone is 3. The lowest BCUT2D eigenvalue weighted by molar-refractivity contribution is 0.414. The van der Waals surface area contributed by atoms with Crippen LogP contribution in [0, 0.1) is 6.92 Å². The second-order valence-electron chi connectivity index (χ2n) is 9.08. The van der Waals surface area contributed by atoms with E-state index in [1.54, 1.807) is 7.11 Å². The Bertz CT molecular complexity index is 1270. The molecule has 0 amide bonds. The average Bonchev–Trinajstić information content (AvgIpc) is 3.35. The van der Waals surface area contributed by atoms with Gasteiger partial charge in [0.25, 0.3) is 0 Å². The van der Waals surface area contributed by atoms with Crippen LogP contribution in [-0.2, 0) is 6.54 Å². The van der Waals surface area contributed by atoms with Crippen molar-refractivity contribution in [1.82, 2.24) is 9.55 Å². The second-order valence-corrected chi connectivity index (χ2v) is 10.1. The smallest absolute Gasteiger partial charge is 0.146 e. The van der Waals surface area contributed by atoms with Crippen LogP contribution < -0.4 is 9.64 Å². The van der Waals surface area contributed by atoms with Gasteiger partial charge in [-0.2, -0.15) is 0 Å². The Labute approximate surface area is 212 Å². The fourth-order valence-corrected chi connectivity index (χ4v) is 5.08. The number of anilines is 1. The molecule has 0 saturated heterocycles. The lowest BCUT2D eigenvalue weighted by Gasteiger charge is -2.32. The van der Waals surface area contributed by atoms with E-state index in [2.05, 4.69) is 66.4 Å². The first kappa shape index (κ1) is 24.4. The predicted octanol–water partition coefficient (Wildman–Crippen LogP) is 8.25. The molecule has 0 N–H and O–H groups in total. The number of hydrogen-bond acceptors (Lipinski definition) is 3. The first-order valence-electron chi connectivity index (χ1n) is 11.5. The molecule has 1 atom stereocenters. The van der Waals surface area contributed by atoms with Crippen molar-refractivity contribution in [3.05, 3.63) is 87.2 Å². The lowest BCUT2D eigenvalue weighted by Crippen LogP contribution is -2.25. The molecule has 0 radical (unpaired) electrons. The van der Waals surface area contributed by atoms with E-state index < -0.39 is 0 Å². The molecule has 0 aliphatic carbocycles. The van der Waals surface area contributed by atoms with Gasteiger partial charge in [0.1, 0.15) is 11.4 Å². The van der Waals surface area contributed by atoms with E-state index in [0.717, 1.165) is 39.4 Å². The highest BCUT2D eigenvalue weighted by Gasteiger charge is 2.38. The van der Waals surface area contributed by atoms with E-state index in [-0.39, 0.29) is 12.1 Å². The molecule has 0 spiro atoms. The highest BCUT2D eigenvalue weighted by Crippen LogP contribution is 2.47. The van der Waals surface area contributed by atoms with E-state index in [1.807, 2.05) is 37.4 Å². The van der Waals surface area contributed by atoms with Gasteiger partial charge >= 0.3 is 0 Å². The Morgan fingerprint density at radius 3 is 2.62 bits per heavy atom. The zero-order valence-corrected chi connectivity index (χ0v) is 22.1. The molecule has 0 bridgehead atoms. The summed E-state index contributed by atoms with van der Waals surface area (Å²) in [7, 11) is 1.69. The van der Waals surface area contributed by atoms with Crippen molar-refractivity contribution in [2.45, 2.75) is 53.2 Å². The average molecular weight is 496 g/mol. The van der Waals surface area contributed by atoms with Crippen LogP contribution >= 0.6 is 23.2 Å². The molecule has 6 heteroatoms. The summed E-state index contributed by atoms with van der Waals surface area (Å²) < 4.78 is 8.06. The van der Waals surface area contributed by atoms with E-state index in [1.165, 1.54) is 22.4 Å². The zero-order chi connectivity index (χ0) is 24.6. The quantitative estimate of drug-likeness (QED) is 0.322. The molecule has 178 valence electrons. The molecular weight excluding hydrogens is 465 g/mol. The monoisotopic (exact) mass is 495 g/mol. The van der Waals surface area contributed by atoms with Crippen LogP contribution in [0.1, 0.15) is 56.6 Å². The summed E-state index contributed by atoms with van der Waals surface area (Å²) in [6, 6.07) is 12.5. The highest BCUT2D eigenvalue weighted by atomic mass is 35.5. The molecule has 1 aliphatic heterocycles. The van der Waals surface area contributed by atoms with Gasteiger partial charge in [0.15, 0.2) is 0 Å². The summed E-state index contributed by atoms with van der Waals surface area (Å²) in [5, 5.41) is 1.49. The van der Waals surface area contributed by atoms with E-state index >= 15 is 0 Å². The largest absolute Gasteiger partial charge is 0.494 e.